The largest absolute Gasteiger partial charge is 0.481 e. The summed E-state index contributed by atoms with van der Waals surface area (Å²) in [7, 11) is 0. The van der Waals surface area contributed by atoms with E-state index in [0.717, 1.165) is 0 Å². The molecule has 0 aliphatic carbocycles. The second-order valence-corrected chi connectivity index (χ2v) is 5.98. The van der Waals surface area contributed by atoms with Crippen LogP contribution in [0.15, 0.2) is 48.5 Å². The smallest absolute Gasteiger partial charge is 0.279 e. The molecule has 0 aliphatic heterocycles. The molecule has 0 aromatic heterocycles. The maximum Gasteiger partial charge on any atom is 0.279 e. The highest BCUT2D eigenvalue weighted by Crippen LogP contribution is 2.25. The Kier molecular flexibility index (Phi) is 7.00. The van der Waals surface area contributed by atoms with Crippen LogP contribution in [0.2, 0.25) is 10.0 Å². The predicted molar refractivity (Wildman–Crippen MR) is 98.3 cm³/mol. The first-order chi connectivity index (χ1) is 12.4. The number of benzene rings is 2. The van der Waals surface area contributed by atoms with E-state index in [-0.39, 0.29) is 0 Å². The molecule has 136 valence electrons. The van der Waals surface area contributed by atoms with Gasteiger partial charge in [-0.25, -0.2) is 4.39 Å². The normalized spacial score (nSPS) is 11.8. The predicted octanol–water partition coefficient (Wildman–Crippen LogP) is 3.76. The summed E-state index contributed by atoms with van der Waals surface area (Å²) >= 11 is 12.0. The van der Waals surface area contributed by atoms with Crippen LogP contribution in [0.25, 0.3) is 6.08 Å². The van der Waals surface area contributed by atoms with E-state index in [9.17, 15) is 14.0 Å². The fraction of sp³-hybridized carbons (Fsp3) is 0.111. The van der Waals surface area contributed by atoms with E-state index in [2.05, 4.69) is 10.9 Å². The Hall–Kier alpha value is -2.57. The number of hydrogen-bond acceptors (Lipinski definition) is 3. The molecule has 0 radical (unpaired) electrons. The van der Waals surface area contributed by atoms with Gasteiger partial charge in [-0.05, 0) is 49.4 Å². The van der Waals surface area contributed by atoms with E-state index in [1.54, 1.807) is 18.2 Å². The Morgan fingerprint density at radius 3 is 2.31 bits per heavy atom. The zero-order chi connectivity index (χ0) is 19.1. The lowest BCUT2D eigenvalue weighted by Crippen LogP contribution is -2.46. The average Bonchev–Trinajstić information content (AvgIpc) is 2.61. The highest BCUT2D eigenvalue weighted by molar-refractivity contribution is 6.37. The second-order valence-electron chi connectivity index (χ2n) is 5.16. The van der Waals surface area contributed by atoms with Gasteiger partial charge in [-0.1, -0.05) is 29.3 Å². The number of nitrogens with one attached hydrogen (secondary N) is 2. The Labute approximate surface area is 159 Å². The summed E-state index contributed by atoms with van der Waals surface area (Å²) in [5.41, 5.74) is 4.93. The minimum Gasteiger partial charge on any atom is -0.481 e. The van der Waals surface area contributed by atoms with Crippen molar-refractivity contribution in [2.75, 3.05) is 0 Å². The first-order valence-corrected chi connectivity index (χ1v) is 8.26. The van der Waals surface area contributed by atoms with Gasteiger partial charge in [0.25, 0.3) is 11.8 Å². The molecule has 2 amide bonds. The molecule has 0 fully saturated rings. The van der Waals surface area contributed by atoms with Gasteiger partial charge in [-0.2, -0.15) is 0 Å². The molecule has 1 atom stereocenters. The molecule has 1 unspecified atom stereocenters. The number of carbonyl (C=O) groups excluding carboxylic acids is 2. The Morgan fingerprint density at radius 1 is 1.08 bits per heavy atom. The van der Waals surface area contributed by atoms with Gasteiger partial charge in [-0.15, -0.1) is 0 Å². The van der Waals surface area contributed by atoms with Crippen molar-refractivity contribution in [2.45, 2.75) is 13.0 Å². The van der Waals surface area contributed by atoms with E-state index >= 15 is 0 Å². The van der Waals surface area contributed by atoms with E-state index in [1.165, 1.54) is 43.3 Å². The van der Waals surface area contributed by atoms with Crippen LogP contribution in [0.1, 0.15) is 12.5 Å². The van der Waals surface area contributed by atoms with Crippen molar-refractivity contribution < 1.29 is 18.7 Å². The second kappa shape index (κ2) is 9.22. The number of hydrazine groups is 1. The van der Waals surface area contributed by atoms with Gasteiger partial charge in [0.1, 0.15) is 11.6 Å². The molecule has 0 bridgehead atoms. The third kappa shape index (κ3) is 5.75. The number of ether oxygens (including phenoxy) is 1. The van der Waals surface area contributed by atoms with Crippen molar-refractivity contribution in [2.24, 2.45) is 0 Å². The minimum atomic E-state index is -0.900. The first-order valence-electron chi connectivity index (χ1n) is 7.51. The summed E-state index contributed by atoms with van der Waals surface area (Å²) < 4.78 is 18.2. The van der Waals surface area contributed by atoms with Crippen LogP contribution in [-0.2, 0) is 9.59 Å². The zero-order valence-corrected chi connectivity index (χ0v) is 15.1. The summed E-state index contributed by atoms with van der Waals surface area (Å²) in [5, 5.41) is 0.791. The van der Waals surface area contributed by atoms with Crippen molar-refractivity contribution in [1.29, 1.82) is 0 Å². The first kappa shape index (κ1) is 19.8. The molecule has 2 aromatic rings. The summed E-state index contributed by atoms with van der Waals surface area (Å²) in [4.78, 5) is 23.7. The molecule has 2 aromatic carbocycles. The fourth-order valence-corrected chi connectivity index (χ4v) is 2.39. The molecule has 2 N–H and O–H groups in total. The molecule has 0 aliphatic rings. The topological polar surface area (TPSA) is 67.4 Å². The van der Waals surface area contributed by atoms with E-state index in [1.807, 2.05) is 0 Å². The van der Waals surface area contributed by atoms with Gasteiger partial charge in [0, 0.05) is 21.7 Å². The van der Waals surface area contributed by atoms with Crippen molar-refractivity contribution in [3.05, 3.63) is 70.0 Å². The standard InChI is InChI=1S/C18H15Cl2FN2O3/c1-11(26-13-7-5-12(21)6-8-13)18(25)23-22-17(24)10-9-14-15(19)3-2-4-16(14)20/h2-11H,1H3,(H,22,24)(H,23,25)/b10-9+. The van der Waals surface area contributed by atoms with Gasteiger partial charge in [0.2, 0.25) is 0 Å². The van der Waals surface area contributed by atoms with Crippen molar-refractivity contribution in [3.8, 4) is 5.75 Å². The Bertz CT molecular complexity index is 805. The summed E-state index contributed by atoms with van der Waals surface area (Å²) in [5.74, 6) is -1.24. The maximum atomic E-state index is 12.8. The van der Waals surface area contributed by atoms with Crippen LogP contribution in [0.4, 0.5) is 4.39 Å². The van der Waals surface area contributed by atoms with Crippen LogP contribution in [0.3, 0.4) is 0 Å². The van der Waals surface area contributed by atoms with E-state index in [4.69, 9.17) is 27.9 Å². The Morgan fingerprint density at radius 2 is 1.69 bits per heavy atom. The minimum absolute atomic E-state index is 0.327. The van der Waals surface area contributed by atoms with E-state index in [0.29, 0.717) is 21.4 Å². The lowest BCUT2D eigenvalue weighted by atomic mass is 10.2. The quantitative estimate of drug-likeness (QED) is 0.597. The molecule has 0 saturated carbocycles. The third-order valence-electron chi connectivity index (χ3n) is 3.21. The molecular weight excluding hydrogens is 382 g/mol. The van der Waals surface area contributed by atoms with Gasteiger partial charge in [-0.3, -0.25) is 20.4 Å². The van der Waals surface area contributed by atoms with Crippen molar-refractivity contribution in [3.63, 3.8) is 0 Å². The van der Waals surface area contributed by atoms with Crippen molar-refractivity contribution >= 4 is 41.1 Å². The number of carbonyl (C=O) groups is 2. The number of amides is 2. The van der Waals surface area contributed by atoms with E-state index < -0.39 is 23.7 Å². The molecule has 5 nitrogen and oxygen atoms in total. The molecule has 26 heavy (non-hydrogen) atoms. The highest BCUT2D eigenvalue weighted by atomic mass is 35.5. The molecule has 2 rings (SSSR count). The number of halogens is 3. The summed E-state index contributed by atoms with van der Waals surface area (Å²) in [6, 6.07) is 10.2. The maximum absolute atomic E-state index is 12.8. The monoisotopic (exact) mass is 396 g/mol. The lowest BCUT2D eigenvalue weighted by Gasteiger charge is -2.14. The van der Waals surface area contributed by atoms with Crippen LogP contribution < -0.4 is 15.6 Å². The molecule has 0 spiro atoms. The fourth-order valence-electron chi connectivity index (χ4n) is 1.87. The van der Waals surface area contributed by atoms with Crippen LogP contribution in [0.5, 0.6) is 5.75 Å². The molecule has 8 heteroatoms. The molecular formula is C18H15Cl2FN2O3. The summed E-state index contributed by atoms with van der Waals surface area (Å²) in [6.07, 6.45) is 1.71. The Balaban J connectivity index is 1.85. The van der Waals surface area contributed by atoms with Gasteiger partial charge >= 0.3 is 0 Å². The van der Waals surface area contributed by atoms with Crippen LogP contribution >= 0.6 is 23.2 Å². The SMILES string of the molecule is CC(Oc1ccc(F)cc1)C(=O)NNC(=O)/C=C/c1c(Cl)cccc1Cl. The number of hydrogen-bond donors (Lipinski definition) is 2. The van der Waals surface area contributed by atoms with Gasteiger partial charge in [0.15, 0.2) is 6.10 Å². The van der Waals surface area contributed by atoms with Gasteiger partial charge < -0.3 is 4.74 Å². The summed E-state index contributed by atoms with van der Waals surface area (Å²) in [6.45, 7) is 1.49. The third-order valence-corrected chi connectivity index (χ3v) is 3.86. The van der Waals surface area contributed by atoms with Gasteiger partial charge in [0.05, 0.1) is 0 Å². The molecule has 0 saturated heterocycles. The average molecular weight is 397 g/mol. The molecule has 0 heterocycles. The van der Waals surface area contributed by atoms with Crippen LogP contribution in [-0.4, -0.2) is 17.9 Å². The lowest BCUT2D eigenvalue weighted by molar-refractivity contribution is -0.131. The highest BCUT2D eigenvalue weighted by Gasteiger charge is 2.15. The zero-order valence-electron chi connectivity index (χ0n) is 13.6. The van der Waals surface area contributed by atoms with Crippen LogP contribution in [0, 0.1) is 5.82 Å². The number of rotatable bonds is 5. The van der Waals surface area contributed by atoms with Crippen molar-refractivity contribution in [1.82, 2.24) is 10.9 Å².